The zero-order valence-corrected chi connectivity index (χ0v) is 13.7. The minimum absolute atomic E-state index is 0.0443. The van der Waals surface area contributed by atoms with Crippen molar-refractivity contribution >= 4 is 0 Å². The lowest BCUT2D eigenvalue weighted by atomic mass is 9.90. The summed E-state index contributed by atoms with van der Waals surface area (Å²) in [7, 11) is 0. The third-order valence-corrected chi connectivity index (χ3v) is 5.21. The van der Waals surface area contributed by atoms with Crippen LogP contribution in [0.15, 0.2) is 30.3 Å². The number of rotatable bonds is 5. The number of hydrogen-bond acceptors (Lipinski definition) is 3. The lowest BCUT2D eigenvalue weighted by Gasteiger charge is -2.34. The van der Waals surface area contributed by atoms with E-state index in [-0.39, 0.29) is 11.2 Å². The molecule has 22 heavy (non-hydrogen) atoms. The molecule has 2 atom stereocenters. The van der Waals surface area contributed by atoms with E-state index in [4.69, 9.17) is 14.2 Å². The molecule has 3 nitrogen and oxygen atoms in total. The summed E-state index contributed by atoms with van der Waals surface area (Å²) in [6.45, 7) is 5.31. The highest BCUT2D eigenvalue weighted by atomic mass is 16.6. The van der Waals surface area contributed by atoms with Crippen molar-refractivity contribution in [2.75, 3.05) is 19.8 Å². The third-order valence-electron chi connectivity index (χ3n) is 5.21. The van der Waals surface area contributed by atoms with Crippen LogP contribution < -0.4 is 0 Å². The van der Waals surface area contributed by atoms with Gasteiger partial charge < -0.3 is 14.2 Å². The molecule has 1 aromatic carbocycles. The van der Waals surface area contributed by atoms with Gasteiger partial charge in [0, 0.05) is 13.2 Å². The Hall–Kier alpha value is -0.900. The Morgan fingerprint density at radius 2 is 1.91 bits per heavy atom. The van der Waals surface area contributed by atoms with Gasteiger partial charge in [-0.25, -0.2) is 0 Å². The molecule has 0 N–H and O–H groups in total. The standard InChI is InChI=1S/C19H28O3/c1-2-18(16-21-15-17-7-4-3-5-8-17)10-11-19(22-18)9-6-13-20-14-12-19/h3-5,7-8H,2,6,9-16H2,1H3. The van der Waals surface area contributed by atoms with Crippen LogP contribution in [0.1, 0.15) is 51.0 Å². The van der Waals surface area contributed by atoms with Gasteiger partial charge in [0.25, 0.3) is 0 Å². The predicted molar refractivity (Wildman–Crippen MR) is 86.8 cm³/mol. The molecule has 3 heteroatoms. The molecule has 2 fully saturated rings. The molecule has 0 radical (unpaired) electrons. The lowest BCUT2D eigenvalue weighted by Crippen LogP contribution is -2.39. The highest BCUT2D eigenvalue weighted by Gasteiger charge is 2.48. The summed E-state index contributed by atoms with van der Waals surface area (Å²) in [4.78, 5) is 0. The summed E-state index contributed by atoms with van der Waals surface area (Å²) in [6, 6.07) is 10.4. The van der Waals surface area contributed by atoms with Crippen molar-refractivity contribution in [2.45, 2.75) is 63.3 Å². The Morgan fingerprint density at radius 1 is 1.05 bits per heavy atom. The minimum atomic E-state index is -0.0981. The van der Waals surface area contributed by atoms with Gasteiger partial charge in [-0.05, 0) is 44.1 Å². The van der Waals surface area contributed by atoms with E-state index in [9.17, 15) is 0 Å². The molecule has 0 aromatic heterocycles. The van der Waals surface area contributed by atoms with Crippen LogP contribution in [0.4, 0.5) is 0 Å². The van der Waals surface area contributed by atoms with E-state index in [1.165, 1.54) is 5.56 Å². The summed E-state index contributed by atoms with van der Waals surface area (Å²) in [6.07, 6.45) is 6.56. The SMILES string of the molecule is CCC1(COCc2ccccc2)CCC2(CCCOCC2)O1. The second kappa shape index (κ2) is 7.12. The van der Waals surface area contributed by atoms with Crippen molar-refractivity contribution in [1.29, 1.82) is 0 Å². The molecule has 122 valence electrons. The Labute approximate surface area is 134 Å². The molecule has 0 saturated carbocycles. The molecule has 0 amide bonds. The molecule has 1 aromatic rings. The van der Waals surface area contributed by atoms with Crippen LogP contribution in [0, 0.1) is 0 Å². The first kappa shape index (κ1) is 16.0. The molecule has 0 aliphatic carbocycles. The Kier molecular flexibility index (Phi) is 5.17. The maximum Gasteiger partial charge on any atom is 0.0921 e. The molecular weight excluding hydrogens is 276 g/mol. The minimum Gasteiger partial charge on any atom is -0.381 e. The zero-order valence-electron chi connectivity index (χ0n) is 13.7. The van der Waals surface area contributed by atoms with Gasteiger partial charge in [-0.2, -0.15) is 0 Å². The van der Waals surface area contributed by atoms with Gasteiger partial charge in [-0.1, -0.05) is 37.3 Å². The fourth-order valence-corrected chi connectivity index (χ4v) is 3.73. The lowest BCUT2D eigenvalue weighted by molar-refractivity contribution is -0.145. The van der Waals surface area contributed by atoms with Gasteiger partial charge in [0.15, 0.2) is 0 Å². The number of benzene rings is 1. The molecule has 2 aliphatic rings. The first-order valence-electron chi connectivity index (χ1n) is 8.66. The summed E-state index contributed by atoms with van der Waals surface area (Å²) < 4.78 is 18.3. The van der Waals surface area contributed by atoms with Gasteiger partial charge in [0.1, 0.15) is 0 Å². The van der Waals surface area contributed by atoms with Crippen molar-refractivity contribution in [2.24, 2.45) is 0 Å². The van der Waals surface area contributed by atoms with E-state index >= 15 is 0 Å². The average molecular weight is 304 g/mol. The summed E-state index contributed by atoms with van der Waals surface area (Å²) in [5, 5.41) is 0. The third kappa shape index (κ3) is 3.70. The van der Waals surface area contributed by atoms with Crippen LogP contribution in [0.3, 0.4) is 0 Å². The van der Waals surface area contributed by atoms with Crippen molar-refractivity contribution in [3.05, 3.63) is 35.9 Å². The zero-order chi connectivity index (χ0) is 15.3. The van der Waals surface area contributed by atoms with Crippen molar-refractivity contribution in [3.8, 4) is 0 Å². The van der Waals surface area contributed by atoms with Crippen LogP contribution in [0.25, 0.3) is 0 Å². The summed E-state index contributed by atoms with van der Waals surface area (Å²) >= 11 is 0. The normalized spacial score (nSPS) is 32.2. The van der Waals surface area contributed by atoms with Crippen LogP contribution >= 0.6 is 0 Å². The Morgan fingerprint density at radius 3 is 2.73 bits per heavy atom. The molecule has 3 rings (SSSR count). The highest BCUT2D eigenvalue weighted by molar-refractivity contribution is 5.13. The van der Waals surface area contributed by atoms with E-state index in [0.29, 0.717) is 13.2 Å². The van der Waals surface area contributed by atoms with Crippen LogP contribution in [-0.2, 0) is 20.8 Å². The maximum absolute atomic E-state index is 6.64. The van der Waals surface area contributed by atoms with Crippen LogP contribution in [-0.4, -0.2) is 31.0 Å². The summed E-state index contributed by atoms with van der Waals surface area (Å²) in [5.41, 5.74) is 1.17. The molecule has 2 aliphatic heterocycles. The molecule has 2 heterocycles. The van der Waals surface area contributed by atoms with Gasteiger partial charge in [-0.3, -0.25) is 0 Å². The van der Waals surface area contributed by atoms with Gasteiger partial charge >= 0.3 is 0 Å². The fourth-order valence-electron chi connectivity index (χ4n) is 3.73. The number of hydrogen-bond donors (Lipinski definition) is 0. The maximum atomic E-state index is 6.64. The monoisotopic (exact) mass is 304 g/mol. The molecule has 1 spiro atoms. The Bertz CT molecular complexity index is 451. The van der Waals surface area contributed by atoms with E-state index in [0.717, 1.165) is 51.7 Å². The Balaban J connectivity index is 1.56. The van der Waals surface area contributed by atoms with E-state index in [2.05, 4.69) is 31.2 Å². The van der Waals surface area contributed by atoms with Gasteiger partial charge in [0.2, 0.25) is 0 Å². The largest absolute Gasteiger partial charge is 0.381 e. The van der Waals surface area contributed by atoms with Crippen LogP contribution in [0.2, 0.25) is 0 Å². The van der Waals surface area contributed by atoms with Gasteiger partial charge in [-0.15, -0.1) is 0 Å². The summed E-state index contributed by atoms with van der Waals surface area (Å²) in [5.74, 6) is 0. The highest BCUT2D eigenvalue weighted by Crippen LogP contribution is 2.45. The molecular formula is C19H28O3. The number of ether oxygens (including phenoxy) is 3. The van der Waals surface area contributed by atoms with Crippen molar-refractivity contribution < 1.29 is 14.2 Å². The first-order chi connectivity index (χ1) is 10.8. The van der Waals surface area contributed by atoms with E-state index in [1.54, 1.807) is 0 Å². The molecule has 2 saturated heterocycles. The van der Waals surface area contributed by atoms with Crippen molar-refractivity contribution in [1.82, 2.24) is 0 Å². The predicted octanol–water partition coefficient (Wildman–Crippen LogP) is 4.10. The molecule has 2 unspecified atom stereocenters. The quantitative estimate of drug-likeness (QED) is 0.819. The van der Waals surface area contributed by atoms with Gasteiger partial charge in [0.05, 0.1) is 24.4 Å². The second-order valence-corrected chi connectivity index (χ2v) is 6.77. The van der Waals surface area contributed by atoms with Crippen molar-refractivity contribution in [3.63, 3.8) is 0 Å². The second-order valence-electron chi connectivity index (χ2n) is 6.77. The first-order valence-corrected chi connectivity index (χ1v) is 8.66. The van der Waals surface area contributed by atoms with E-state index < -0.39 is 0 Å². The molecule has 0 bridgehead atoms. The fraction of sp³-hybridized carbons (Fsp3) is 0.684. The van der Waals surface area contributed by atoms with E-state index in [1.807, 2.05) is 6.07 Å². The average Bonchev–Trinajstić information content (AvgIpc) is 2.75. The topological polar surface area (TPSA) is 27.7 Å². The van der Waals surface area contributed by atoms with Crippen LogP contribution in [0.5, 0.6) is 0 Å². The smallest absolute Gasteiger partial charge is 0.0921 e.